The quantitative estimate of drug-likeness (QED) is 0.879. The molecule has 1 heterocycles. The molecule has 0 aromatic heterocycles. The van der Waals surface area contributed by atoms with Gasteiger partial charge in [-0.1, -0.05) is 12.1 Å². The lowest BCUT2D eigenvalue weighted by atomic mass is 10.1. The lowest BCUT2D eigenvalue weighted by molar-refractivity contribution is -0.111. The molecule has 0 bridgehead atoms. The largest absolute Gasteiger partial charge is 0.454 e. The summed E-state index contributed by atoms with van der Waals surface area (Å²) in [4.78, 5) is 12.0. The molecule has 0 fully saturated rings. The van der Waals surface area contributed by atoms with E-state index in [4.69, 9.17) is 9.47 Å². The van der Waals surface area contributed by atoms with Gasteiger partial charge in [0, 0.05) is 11.8 Å². The first-order chi connectivity index (χ1) is 10.6. The van der Waals surface area contributed by atoms with E-state index in [0.29, 0.717) is 5.75 Å². The number of rotatable bonds is 3. The Hall–Kier alpha value is -2.75. The predicted molar refractivity (Wildman–Crippen MR) is 86.1 cm³/mol. The highest BCUT2D eigenvalue weighted by molar-refractivity contribution is 6.02. The summed E-state index contributed by atoms with van der Waals surface area (Å²) < 4.78 is 10.6. The Kier molecular flexibility index (Phi) is 3.83. The maximum Gasteiger partial charge on any atom is 0.248 e. The number of hydrogen-bond acceptors (Lipinski definition) is 3. The van der Waals surface area contributed by atoms with Crippen LogP contribution < -0.4 is 14.8 Å². The fraction of sp³-hybridized carbons (Fsp3) is 0.167. The van der Waals surface area contributed by atoms with Gasteiger partial charge >= 0.3 is 0 Å². The number of fused-ring (bicyclic) bond motifs is 1. The van der Waals surface area contributed by atoms with Gasteiger partial charge in [-0.3, -0.25) is 4.79 Å². The summed E-state index contributed by atoms with van der Waals surface area (Å²) in [5.41, 5.74) is 3.93. The van der Waals surface area contributed by atoms with Crippen LogP contribution in [0.1, 0.15) is 16.7 Å². The number of carbonyl (C=O) groups is 1. The summed E-state index contributed by atoms with van der Waals surface area (Å²) in [5, 5.41) is 2.86. The molecule has 4 nitrogen and oxygen atoms in total. The van der Waals surface area contributed by atoms with Crippen LogP contribution >= 0.6 is 0 Å². The predicted octanol–water partition coefficient (Wildman–Crippen LogP) is 3.68. The van der Waals surface area contributed by atoms with Crippen molar-refractivity contribution in [3.8, 4) is 11.5 Å². The SMILES string of the molecule is Cc1cc(C)cc(NC(=O)C=Cc2ccc3c(c2)OCO3)c1. The van der Waals surface area contributed by atoms with Crippen LogP contribution in [0.15, 0.2) is 42.5 Å². The van der Waals surface area contributed by atoms with Crippen molar-refractivity contribution in [2.45, 2.75) is 13.8 Å². The molecule has 1 N–H and O–H groups in total. The van der Waals surface area contributed by atoms with E-state index in [-0.39, 0.29) is 12.7 Å². The smallest absolute Gasteiger partial charge is 0.248 e. The van der Waals surface area contributed by atoms with Crippen molar-refractivity contribution in [2.24, 2.45) is 0 Å². The van der Waals surface area contributed by atoms with Gasteiger partial charge in [0.2, 0.25) is 12.7 Å². The Balaban J connectivity index is 1.68. The number of aryl methyl sites for hydroxylation is 2. The second-order valence-corrected chi connectivity index (χ2v) is 5.31. The summed E-state index contributed by atoms with van der Waals surface area (Å²) in [6.45, 7) is 4.26. The molecule has 2 aromatic rings. The average Bonchev–Trinajstić information content (AvgIpc) is 2.91. The van der Waals surface area contributed by atoms with E-state index in [1.54, 1.807) is 6.08 Å². The molecule has 0 radical (unpaired) electrons. The van der Waals surface area contributed by atoms with Gasteiger partial charge < -0.3 is 14.8 Å². The topological polar surface area (TPSA) is 47.6 Å². The number of carbonyl (C=O) groups excluding carboxylic acids is 1. The summed E-state index contributed by atoms with van der Waals surface area (Å²) in [6.07, 6.45) is 3.26. The maximum absolute atomic E-state index is 12.0. The van der Waals surface area contributed by atoms with Crippen LogP contribution in [0.25, 0.3) is 6.08 Å². The zero-order valence-corrected chi connectivity index (χ0v) is 12.6. The van der Waals surface area contributed by atoms with Crippen molar-refractivity contribution in [1.82, 2.24) is 0 Å². The Bertz CT molecular complexity index is 730. The first kappa shape index (κ1) is 14.2. The van der Waals surface area contributed by atoms with E-state index in [0.717, 1.165) is 28.1 Å². The van der Waals surface area contributed by atoms with Crippen molar-refractivity contribution in [2.75, 3.05) is 12.1 Å². The normalized spacial score (nSPS) is 12.6. The van der Waals surface area contributed by atoms with Crippen LogP contribution in [0.5, 0.6) is 11.5 Å². The Morgan fingerprint density at radius 2 is 1.77 bits per heavy atom. The van der Waals surface area contributed by atoms with Gasteiger partial charge in [0.25, 0.3) is 0 Å². The van der Waals surface area contributed by atoms with Gasteiger partial charge in [0.1, 0.15) is 0 Å². The average molecular weight is 295 g/mol. The van der Waals surface area contributed by atoms with Crippen LogP contribution in [0, 0.1) is 13.8 Å². The van der Waals surface area contributed by atoms with Gasteiger partial charge in [0.15, 0.2) is 11.5 Å². The zero-order valence-electron chi connectivity index (χ0n) is 12.6. The van der Waals surface area contributed by atoms with Gasteiger partial charge in [0.05, 0.1) is 0 Å². The highest BCUT2D eigenvalue weighted by Gasteiger charge is 2.12. The Morgan fingerprint density at radius 1 is 1.05 bits per heavy atom. The molecule has 0 saturated heterocycles. The van der Waals surface area contributed by atoms with E-state index < -0.39 is 0 Å². The fourth-order valence-electron chi connectivity index (χ4n) is 2.42. The molecule has 22 heavy (non-hydrogen) atoms. The van der Waals surface area contributed by atoms with Crippen LogP contribution in [-0.2, 0) is 4.79 Å². The molecular weight excluding hydrogens is 278 g/mol. The Labute approximate surface area is 129 Å². The summed E-state index contributed by atoms with van der Waals surface area (Å²) in [7, 11) is 0. The standard InChI is InChI=1S/C18H17NO3/c1-12-7-13(2)9-15(8-12)19-18(20)6-4-14-3-5-16-17(10-14)22-11-21-16/h3-10H,11H2,1-2H3,(H,19,20). The van der Waals surface area contributed by atoms with Crippen LogP contribution in [0.3, 0.4) is 0 Å². The van der Waals surface area contributed by atoms with E-state index in [9.17, 15) is 4.79 Å². The lowest BCUT2D eigenvalue weighted by Crippen LogP contribution is -2.08. The molecular formula is C18H17NO3. The lowest BCUT2D eigenvalue weighted by Gasteiger charge is -2.05. The molecule has 3 rings (SSSR count). The van der Waals surface area contributed by atoms with E-state index >= 15 is 0 Å². The van der Waals surface area contributed by atoms with Gasteiger partial charge in [-0.2, -0.15) is 0 Å². The molecule has 1 aliphatic heterocycles. The minimum atomic E-state index is -0.164. The van der Waals surface area contributed by atoms with Crippen LogP contribution in [0.4, 0.5) is 5.69 Å². The van der Waals surface area contributed by atoms with Gasteiger partial charge in [-0.05, 0) is 60.9 Å². The molecule has 2 aromatic carbocycles. The Morgan fingerprint density at radius 3 is 2.55 bits per heavy atom. The van der Waals surface area contributed by atoms with Crippen molar-refractivity contribution < 1.29 is 14.3 Å². The number of nitrogens with one attached hydrogen (secondary N) is 1. The van der Waals surface area contributed by atoms with Gasteiger partial charge in [-0.15, -0.1) is 0 Å². The molecule has 112 valence electrons. The fourth-order valence-corrected chi connectivity index (χ4v) is 2.42. The molecule has 0 atom stereocenters. The van der Waals surface area contributed by atoms with E-state index in [2.05, 4.69) is 11.4 Å². The number of amides is 1. The zero-order chi connectivity index (χ0) is 15.5. The number of ether oxygens (including phenoxy) is 2. The summed E-state index contributed by atoms with van der Waals surface area (Å²) >= 11 is 0. The second-order valence-electron chi connectivity index (χ2n) is 5.31. The second kappa shape index (κ2) is 5.93. The first-order valence-electron chi connectivity index (χ1n) is 7.07. The third kappa shape index (κ3) is 3.28. The summed E-state index contributed by atoms with van der Waals surface area (Å²) in [5.74, 6) is 1.27. The van der Waals surface area contributed by atoms with Crippen molar-refractivity contribution in [1.29, 1.82) is 0 Å². The summed E-state index contributed by atoms with van der Waals surface area (Å²) in [6, 6.07) is 11.5. The van der Waals surface area contributed by atoms with E-state index in [1.807, 2.05) is 44.2 Å². The van der Waals surface area contributed by atoms with E-state index in [1.165, 1.54) is 6.08 Å². The van der Waals surface area contributed by atoms with Crippen LogP contribution in [0.2, 0.25) is 0 Å². The van der Waals surface area contributed by atoms with Gasteiger partial charge in [-0.25, -0.2) is 0 Å². The highest BCUT2D eigenvalue weighted by Crippen LogP contribution is 2.32. The molecule has 0 spiro atoms. The minimum absolute atomic E-state index is 0.164. The highest BCUT2D eigenvalue weighted by atomic mass is 16.7. The number of benzene rings is 2. The maximum atomic E-state index is 12.0. The van der Waals surface area contributed by atoms with Crippen molar-refractivity contribution >= 4 is 17.7 Å². The molecule has 1 aliphatic rings. The number of hydrogen-bond donors (Lipinski definition) is 1. The number of anilines is 1. The third-order valence-electron chi connectivity index (χ3n) is 3.31. The molecule has 0 saturated carbocycles. The van der Waals surface area contributed by atoms with Crippen molar-refractivity contribution in [3.63, 3.8) is 0 Å². The third-order valence-corrected chi connectivity index (χ3v) is 3.31. The first-order valence-corrected chi connectivity index (χ1v) is 7.07. The van der Waals surface area contributed by atoms with Crippen LogP contribution in [-0.4, -0.2) is 12.7 Å². The van der Waals surface area contributed by atoms with Crippen molar-refractivity contribution in [3.05, 3.63) is 59.2 Å². The molecule has 1 amide bonds. The monoisotopic (exact) mass is 295 g/mol. The molecule has 4 heteroatoms. The molecule has 0 aliphatic carbocycles. The molecule has 0 unspecified atom stereocenters. The minimum Gasteiger partial charge on any atom is -0.454 e.